The number of ether oxygens (including phenoxy) is 3. The van der Waals surface area contributed by atoms with E-state index in [0.29, 0.717) is 11.4 Å². The molecule has 0 aliphatic carbocycles. The van der Waals surface area contributed by atoms with E-state index in [1.165, 1.54) is 19.4 Å². The van der Waals surface area contributed by atoms with Crippen LogP contribution >= 0.6 is 0 Å². The first-order chi connectivity index (χ1) is 23.1. The van der Waals surface area contributed by atoms with Gasteiger partial charge in [-0.15, -0.1) is 12.1 Å². The zero-order valence-corrected chi connectivity index (χ0v) is 28.7. The predicted molar refractivity (Wildman–Crippen MR) is 178 cm³/mol. The Balaban J connectivity index is 0.00000468. The number of methoxy groups -OCH3 is 1. The Hall–Kier alpha value is -5.17. The zero-order valence-electron chi connectivity index (χ0n) is 27.2. The van der Waals surface area contributed by atoms with Crippen LogP contribution in [0.2, 0.25) is 0 Å². The molecule has 6 rings (SSSR count). The van der Waals surface area contributed by atoms with Crippen molar-refractivity contribution in [2.24, 2.45) is 0 Å². The smallest absolute Gasteiger partial charge is 0.500 e. The number of aryl methyl sites for hydroxylation is 4. The first kappa shape index (κ1) is 35.1. The second-order valence-electron chi connectivity index (χ2n) is 11.2. The molecule has 2 aromatic heterocycles. The van der Waals surface area contributed by atoms with E-state index in [9.17, 15) is 0 Å². The number of rotatable bonds is 9. The third kappa shape index (κ3) is 7.62. The van der Waals surface area contributed by atoms with Crippen molar-refractivity contribution in [2.45, 2.75) is 27.7 Å². The monoisotopic (exact) mass is 751 g/mol. The molecule has 10 heteroatoms. The molecule has 250 valence electrons. The molecular formula is C39H30F3N3O3Pd. The number of hydrogen-bond donors (Lipinski definition) is 0. The fraction of sp³-hybridized carbons (Fsp3) is 0.128. The van der Waals surface area contributed by atoms with Crippen molar-refractivity contribution in [3.8, 4) is 40.1 Å². The van der Waals surface area contributed by atoms with Crippen LogP contribution in [0.3, 0.4) is 0 Å². The summed E-state index contributed by atoms with van der Waals surface area (Å²) in [5.74, 6) is -4.72. The van der Waals surface area contributed by atoms with Crippen molar-refractivity contribution in [3.05, 3.63) is 143 Å². The molecule has 0 spiro atoms. The maximum Gasteiger partial charge on any atom is 2.00 e. The molecule has 0 saturated heterocycles. The van der Waals surface area contributed by atoms with Crippen LogP contribution in [0.25, 0.3) is 11.3 Å². The van der Waals surface area contributed by atoms with Crippen LogP contribution in [0.1, 0.15) is 22.3 Å². The van der Waals surface area contributed by atoms with Gasteiger partial charge in [0.2, 0.25) is 5.88 Å². The molecule has 2 heterocycles. The number of nitrogens with zero attached hydrogens (tertiary/aromatic N) is 3. The van der Waals surface area contributed by atoms with Gasteiger partial charge in [0.1, 0.15) is 17.4 Å². The molecule has 49 heavy (non-hydrogen) atoms. The summed E-state index contributed by atoms with van der Waals surface area (Å²) >= 11 is 0. The Bertz CT molecular complexity index is 2080. The van der Waals surface area contributed by atoms with Gasteiger partial charge >= 0.3 is 20.4 Å². The van der Waals surface area contributed by atoms with E-state index >= 15 is 13.2 Å². The molecule has 0 aliphatic rings. The SMILES string of the molecule is COc1ccnc(-c2[c-]c(Oc3[c-]c(Oc4ccccn4)cc(N(c4ccc(C)cc4C)c4ccc(C)cc4C)c3)c(F)c(F)c2F)c1.[Pd+2]. The Morgan fingerprint density at radius 2 is 1.31 bits per heavy atom. The number of hydrogen-bond acceptors (Lipinski definition) is 6. The minimum atomic E-state index is -1.74. The van der Waals surface area contributed by atoms with Gasteiger partial charge in [-0.25, -0.2) is 9.37 Å². The molecule has 0 fully saturated rings. The second kappa shape index (κ2) is 14.9. The van der Waals surface area contributed by atoms with Crippen LogP contribution in [-0.4, -0.2) is 17.1 Å². The van der Waals surface area contributed by atoms with Gasteiger partial charge in [-0.05, 0) is 74.8 Å². The molecule has 6 nitrogen and oxygen atoms in total. The van der Waals surface area contributed by atoms with Crippen LogP contribution in [0.5, 0.6) is 28.9 Å². The maximum atomic E-state index is 15.3. The molecule has 0 N–H and O–H groups in total. The normalized spacial score (nSPS) is 10.7. The summed E-state index contributed by atoms with van der Waals surface area (Å²) in [5.41, 5.74) is 6.00. The van der Waals surface area contributed by atoms with E-state index in [2.05, 4.69) is 34.2 Å². The molecule has 0 aliphatic heterocycles. The van der Waals surface area contributed by atoms with Crippen molar-refractivity contribution in [3.63, 3.8) is 0 Å². The van der Waals surface area contributed by atoms with Crippen LogP contribution in [0.15, 0.2) is 91.3 Å². The Labute approximate surface area is 296 Å². The summed E-state index contributed by atoms with van der Waals surface area (Å²) in [6, 6.07) is 29.2. The molecule has 0 atom stereocenters. The Morgan fingerprint density at radius 3 is 1.90 bits per heavy atom. The van der Waals surface area contributed by atoms with Gasteiger partial charge < -0.3 is 24.1 Å². The second-order valence-corrected chi connectivity index (χ2v) is 11.2. The quantitative estimate of drug-likeness (QED) is 0.0833. The summed E-state index contributed by atoms with van der Waals surface area (Å²) in [7, 11) is 1.42. The van der Waals surface area contributed by atoms with Crippen LogP contribution in [-0.2, 0) is 20.4 Å². The molecule has 4 aromatic carbocycles. The van der Waals surface area contributed by atoms with E-state index < -0.39 is 28.8 Å². The van der Waals surface area contributed by atoms with E-state index in [1.807, 2.05) is 56.9 Å². The zero-order chi connectivity index (χ0) is 33.9. The minimum absolute atomic E-state index is 0. The van der Waals surface area contributed by atoms with Gasteiger partial charge in [-0.3, -0.25) is 8.78 Å². The molecule has 6 aromatic rings. The van der Waals surface area contributed by atoms with E-state index in [0.717, 1.165) is 33.6 Å². The summed E-state index contributed by atoms with van der Waals surface area (Å²) in [6.45, 7) is 8.05. The van der Waals surface area contributed by atoms with Crippen LogP contribution in [0.4, 0.5) is 30.2 Å². The molecule has 0 saturated carbocycles. The van der Waals surface area contributed by atoms with E-state index in [4.69, 9.17) is 14.2 Å². The van der Waals surface area contributed by atoms with Crippen molar-refractivity contribution < 1.29 is 47.8 Å². The number of aromatic nitrogens is 2. The van der Waals surface area contributed by atoms with Gasteiger partial charge in [0, 0.05) is 41.3 Å². The number of halogens is 3. The number of anilines is 3. The van der Waals surface area contributed by atoms with Crippen LogP contribution < -0.4 is 19.1 Å². The van der Waals surface area contributed by atoms with Gasteiger partial charge in [0.15, 0.2) is 0 Å². The summed E-state index contributed by atoms with van der Waals surface area (Å²) in [4.78, 5) is 10.4. The third-order valence-corrected chi connectivity index (χ3v) is 7.58. The first-order valence-corrected chi connectivity index (χ1v) is 15.0. The maximum absolute atomic E-state index is 15.3. The Morgan fingerprint density at radius 1 is 0.653 bits per heavy atom. The summed E-state index contributed by atoms with van der Waals surface area (Å²) in [5, 5.41) is 0. The Kier molecular flexibility index (Phi) is 10.7. The molecule has 0 amide bonds. The average Bonchev–Trinajstić information content (AvgIpc) is 3.07. The fourth-order valence-corrected chi connectivity index (χ4v) is 5.34. The largest absolute Gasteiger partial charge is 2.00 e. The van der Waals surface area contributed by atoms with Gasteiger partial charge in [0.25, 0.3) is 0 Å². The molecule has 0 unspecified atom stereocenters. The van der Waals surface area contributed by atoms with Crippen molar-refractivity contribution in [1.82, 2.24) is 9.97 Å². The summed E-state index contributed by atoms with van der Waals surface area (Å²) in [6.07, 6.45) is 2.93. The summed E-state index contributed by atoms with van der Waals surface area (Å²) < 4.78 is 62.6. The third-order valence-electron chi connectivity index (χ3n) is 7.58. The van der Waals surface area contributed by atoms with Gasteiger partial charge in [-0.1, -0.05) is 64.8 Å². The number of benzene rings is 4. The first-order valence-electron chi connectivity index (χ1n) is 15.0. The van der Waals surface area contributed by atoms with E-state index in [1.54, 1.807) is 42.6 Å². The van der Waals surface area contributed by atoms with Gasteiger partial charge in [-0.2, -0.15) is 0 Å². The van der Waals surface area contributed by atoms with Crippen molar-refractivity contribution in [2.75, 3.05) is 12.0 Å². The standard InChI is InChI=1S/C39H30F3N3O3.Pd/c1-23-9-11-33(25(3)16-23)45(34-12-10-24(2)17-26(34)4)27-18-29(20-30(19-27)48-36-8-6-7-14-44-36)47-35-22-31(37(40)39(42)38(35)41)32-21-28(46-5)13-15-43-32;/h6-19,21H,1-5H3;/q-2;+2. The van der Waals surface area contributed by atoms with E-state index in [-0.39, 0.29) is 43.5 Å². The van der Waals surface area contributed by atoms with Crippen molar-refractivity contribution in [1.29, 1.82) is 0 Å². The van der Waals surface area contributed by atoms with Crippen LogP contribution in [0, 0.1) is 57.3 Å². The molecule has 0 bridgehead atoms. The van der Waals surface area contributed by atoms with Crippen molar-refractivity contribution >= 4 is 17.1 Å². The number of pyridine rings is 2. The minimum Gasteiger partial charge on any atom is -0.500 e. The fourth-order valence-electron chi connectivity index (χ4n) is 5.34. The molecular weight excluding hydrogens is 722 g/mol. The average molecular weight is 752 g/mol. The predicted octanol–water partition coefficient (Wildman–Crippen LogP) is 10.5. The topological polar surface area (TPSA) is 56.7 Å². The molecule has 0 radical (unpaired) electrons. The van der Waals surface area contributed by atoms with Gasteiger partial charge in [0.05, 0.1) is 18.7 Å².